The van der Waals surface area contributed by atoms with E-state index in [2.05, 4.69) is 11.2 Å². The predicted molar refractivity (Wildman–Crippen MR) is 57.9 cm³/mol. The van der Waals surface area contributed by atoms with Crippen LogP contribution in [0.5, 0.6) is 0 Å². The highest BCUT2D eigenvalue weighted by molar-refractivity contribution is 5.66. The highest BCUT2D eigenvalue weighted by atomic mass is 14.6. The van der Waals surface area contributed by atoms with Gasteiger partial charge in [0.15, 0.2) is 0 Å². The van der Waals surface area contributed by atoms with Gasteiger partial charge in [0.05, 0.1) is 29.5 Å². The van der Waals surface area contributed by atoms with Gasteiger partial charge >= 0.3 is 0 Å². The van der Waals surface area contributed by atoms with E-state index in [0.29, 0.717) is 11.1 Å². The van der Waals surface area contributed by atoms with Crippen molar-refractivity contribution >= 4 is 0 Å². The van der Waals surface area contributed by atoms with Crippen molar-refractivity contribution in [2.45, 2.75) is 0 Å². The van der Waals surface area contributed by atoms with Crippen LogP contribution in [0, 0.1) is 28.9 Å². The molecule has 73 valence electrons. The first-order chi connectivity index (χ1) is 7.83. The highest BCUT2D eigenvalue weighted by Gasteiger charge is 2.02. The third-order valence-corrected chi connectivity index (χ3v) is 2.14. The fourth-order valence-corrected chi connectivity index (χ4v) is 1.41. The van der Waals surface area contributed by atoms with Crippen LogP contribution in [0.1, 0.15) is 11.1 Å². The monoisotopic (exact) mass is 204 g/mol. The molecular weight excluding hydrogens is 198 g/mol. The van der Waals surface area contributed by atoms with Gasteiger partial charge in [-0.3, -0.25) is 4.98 Å². The van der Waals surface area contributed by atoms with Gasteiger partial charge in [-0.1, -0.05) is 6.07 Å². The lowest BCUT2D eigenvalue weighted by Gasteiger charge is -2.01. The molecule has 0 N–H and O–H groups in total. The van der Waals surface area contributed by atoms with E-state index >= 15 is 0 Å². The van der Waals surface area contributed by atoms with E-state index in [4.69, 9.17) is 10.5 Å². The molecule has 0 saturated carbocycles. The van der Waals surface area contributed by atoms with Crippen molar-refractivity contribution in [2.75, 3.05) is 0 Å². The Morgan fingerprint density at radius 1 is 1.00 bits per heavy atom. The third-order valence-electron chi connectivity index (χ3n) is 2.14. The van der Waals surface area contributed by atoms with Gasteiger partial charge in [0.25, 0.3) is 0 Å². The van der Waals surface area contributed by atoms with Gasteiger partial charge in [0.1, 0.15) is 0 Å². The number of benzene rings is 1. The average molecular weight is 204 g/mol. The maximum atomic E-state index is 8.85. The van der Waals surface area contributed by atoms with Gasteiger partial charge in [-0.15, -0.1) is 0 Å². The molecule has 2 aromatic rings. The standard InChI is InChI=1S/C13H6N3/c14-7-10-4-11(8-15)6-13(5-10)12-2-1-3-16-9-12/h1-2,4-6,9H. The van der Waals surface area contributed by atoms with E-state index in [-0.39, 0.29) is 0 Å². The number of rotatable bonds is 1. The van der Waals surface area contributed by atoms with E-state index in [1.807, 2.05) is 18.2 Å². The summed E-state index contributed by atoms with van der Waals surface area (Å²) in [4.78, 5) is 3.88. The Hall–Kier alpha value is -2.65. The topological polar surface area (TPSA) is 60.5 Å². The molecule has 0 spiro atoms. The lowest BCUT2D eigenvalue weighted by atomic mass is 10.0. The van der Waals surface area contributed by atoms with E-state index in [0.717, 1.165) is 11.1 Å². The fraction of sp³-hybridized carbons (Fsp3) is 0. The lowest BCUT2D eigenvalue weighted by molar-refractivity contribution is 1.31. The molecule has 3 heteroatoms. The zero-order valence-electron chi connectivity index (χ0n) is 8.31. The van der Waals surface area contributed by atoms with E-state index in [9.17, 15) is 0 Å². The van der Waals surface area contributed by atoms with Gasteiger partial charge in [-0.05, 0) is 29.8 Å². The second kappa shape index (κ2) is 4.25. The van der Waals surface area contributed by atoms with Crippen molar-refractivity contribution in [3.8, 4) is 23.3 Å². The average Bonchev–Trinajstić information content (AvgIpc) is 2.39. The van der Waals surface area contributed by atoms with Crippen molar-refractivity contribution in [2.24, 2.45) is 0 Å². The molecule has 1 aromatic heterocycles. The Morgan fingerprint density at radius 2 is 1.69 bits per heavy atom. The molecule has 0 fully saturated rings. The van der Waals surface area contributed by atoms with Crippen LogP contribution in [0.2, 0.25) is 0 Å². The van der Waals surface area contributed by atoms with Gasteiger partial charge in [0.2, 0.25) is 0 Å². The molecule has 0 amide bonds. The molecular formula is C13H6N3. The molecule has 0 atom stereocenters. The summed E-state index contributed by atoms with van der Waals surface area (Å²) in [5.41, 5.74) is 2.63. The minimum Gasteiger partial charge on any atom is -0.254 e. The second-order valence-electron chi connectivity index (χ2n) is 3.20. The Balaban J connectivity index is 2.59. The number of aromatic nitrogens is 1. The van der Waals surface area contributed by atoms with Crippen LogP contribution in [0.4, 0.5) is 0 Å². The molecule has 1 aromatic carbocycles. The van der Waals surface area contributed by atoms with Crippen LogP contribution in [-0.4, -0.2) is 4.98 Å². The molecule has 0 aliphatic heterocycles. The van der Waals surface area contributed by atoms with Crippen LogP contribution in [0.3, 0.4) is 0 Å². The Morgan fingerprint density at radius 3 is 2.19 bits per heavy atom. The SMILES string of the molecule is N#Cc1cc(C#N)cc(-c2cc[c]nc2)c1. The Labute approximate surface area is 93.2 Å². The molecule has 0 unspecified atom stereocenters. The van der Waals surface area contributed by atoms with Gasteiger partial charge in [-0.2, -0.15) is 10.5 Å². The largest absolute Gasteiger partial charge is 0.254 e. The second-order valence-corrected chi connectivity index (χ2v) is 3.20. The zero-order valence-corrected chi connectivity index (χ0v) is 8.31. The predicted octanol–water partition coefficient (Wildman–Crippen LogP) is 2.29. The van der Waals surface area contributed by atoms with Crippen LogP contribution in [-0.2, 0) is 0 Å². The maximum absolute atomic E-state index is 8.85. The Bertz CT molecular complexity index is 557. The number of hydrogen-bond acceptors (Lipinski definition) is 3. The summed E-state index contributed by atoms with van der Waals surface area (Å²) in [5.74, 6) is 0. The van der Waals surface area contributed by atoms with Crippen LogP contribution in [0.25, 0.3) is 11.1 Å². The Kier molecular flexibility index (Phi) is 2.63. The number of nitrogens with zero attached hydrogens (tertiary/aromatic N) is 3. The van der Waals surface area contributed by atoms with E-state index in [1.54, 1.807) is 30.5 Å². The summed E-state index contributed by atoms with van der Waals surface area (Å²) in [6, 6.07) is 12.6. The molecule has 2 rings (SSSR count). The summed E-state index contributed by atoms with van der Waals surface area (Å²) in [5, 5.41) is 17.7. The van der Waals surface area contributed by atoms with Crippen molar-refractivity contribution < 1.29 is 0 Å². The van der Waals surface area contributed by atoms with Crippen LogP contribution >= 0.6 is 0 Å². The van der Waals surface area contributed by atoms with Crippen molar-refractivity contribution in [3.05, 3.63) is 53.9 Å². The molecule has 1 radical (unpaired) electrons. The first kappa shape index (κ1) is 9.89. The maximum Gasteiger partial charge on any atom is 0.0992 e. The quantitative estimate of drug-likeness (QED) is 0.716. The number of pyridine rings is 1. The van der Waals surface area contributed by atoms with E-state index < -0.39 is 0 Å². The molecule has 0 aliphatic rings. The third kappa shape index (κ3) is 1.89. The molecule has 0 bridgehead atoms. The fourth-order valence-electron chi connectivity index (χ4n) is 1.41. The zero-order chi connectivity index (χ0) is 11.4. The minimum absolute atomic E-state index is 0.474. The van der Waals surface area contributed by atoms with Crippen molar-refractivity contribution in [3.63, 3.8) is 0 Å². The number of hydrogen-bond donors (Lipinski definition) is 0. The molecule has 16 heavy (non-hydrogen) atoms. The molecule has 3 nitrogen and oxygen atoms in total. The summed E-state index contributed by atoms with van der Waals surface area (Å²) in [6.45, 7) is 0. The summed E-state index contributed by atoms with van der Waals surface area (Å²) in [6.07, 6.45) is 4.33. The van der Waals surface area contributed by atoms with Gasteiger partial charge in [0, 0.05) is 11.8 Å². The summed E-state index contributed by atoms with van der Waals surface area (Å²) in [7, 11) is 0. The van der Waals surface area contributed by atoms with Crippen molar-refractivity contribution in [1.29, 1.82) is 10.5 Å². The minimum atomic E-state index is 0.474. The van der Waals surface area contributed by atoms with Crippen LogP contribution in [0.15, 0.2) is 36.5 Å². The van der Waals surface area contributed by atoms with Gasteiger partial charge < -0.3 is 0 Å². The van der Waals surface area contributed by atoms with E-state index in [1.165, 1.54) is 0 Å². The van der Waals surface area contributed by atoms with Crippen LogP contribution < -0.4 is 0 Å². The lowest BCUT2D eigenvalue weighted by Crippen LogP contribution is -1.85. The molecule has 1 heterocycles. The van der Waals surface area contributed by atoms with Crippen molar-refractivity contribution in [1.82, 2.24) is 4.98 Å². The van der Waals surface area contributed by atoms with Gasteiger partial charge in [-0.25, -0.2) is 0 Å². The number of nitriles is 2. The highest BCUT2D eigenvalue weighted by Crippen LogP contribution is 2.20. The first-order valence-electron chi connectivity index (χ1n) is 4.61. The molecule has 0 saturated heterocycles. The smallest absolute Gasteiger partial charge is 0.0992 e. The summed E-state index contributed by atoms with van der Waals surface area (Å²) >= 11 is 0. The molecule has 0 aliphatic carbocycles. The summed E-state index contributed by atoms with van der Waals surface area (Å²) < 4.78 is 0. The first-order valence-corrected chi connectivity index (χ1v) is 4.61. The normalized spacial score (nSPS) is 9.12.